The van der Waals surface area contributed by atoms with Crippen LogP contribution in [0, 0.1) is 22.6 Å². The summed E-state index contributed by atoms with van der Waals surface area (Å²) in [5.41, 5.74) is 12.1. The Kier molecular flexibility index (Phi) is 22.0. The molecule has 0 bridgehead atoms. The Balaban J connectivity index is 1.37. The number of amidine groups is 1. The quantitative estimate of drug-likeness (QED) is 0.0212. The molecule has 55 heavy (non-hydrogen) atoms. The number of nitrogens with two attached hydrogens (primary N) is 2. The van der Waals surface area contributed by atoms with E-state index in [-0.39, 0.29) is 36.8 Å². The van der Waals surface area contributed by atoms with Gasteiger partial charge in [-0.05, 0) is 37.5 Å². The number of rotatable bonds is 31. The zero-order chi connectivity index (χ0) is 39.8. The standard InChI is InChI=1S/C40H64FN6O7P/c1-2-3-4-5-6-7-8-9-10-11-12-13-14-15-16-17-25-50-28-34(51-27-33-20-18-19-32(26-42)38(33)41)29-52-55(48,49)53-30-40(45)24-23-37(54-40)35-21-22-36(47-35)39(44)46-31-43/h18-22,31,34,37,47H,2-17,23-25,27-30,45H2,1H3,(H,48,49)(H3,43,44,46)/t34-,37-,40+/m1/s1. The van der Waals surface area contributed by atoms with Crippen molar-refractivity contribution >= 4 is 20.0 Å². The van der Waals surface area contributed by atoms with Crippen LogP contribution in [-0.2, 0) is 34.4 Å². The molecule has 4 atom stereocenters. The molecule has 2 aromatic rings. The highest BCUT2D eigenvalue weighted by Crippen LogP contribution is 2.46. The first kappa shape index (κ1) is 46.4. The fourth-order valence-electron chi connectivity index (χ4n) is 6.49. The van der Waals surface area contributed by atoms with Gasteiger partial charge in [0.1, 0.15) is 42.5 Å². The molecule has 1 aliphatic rings. The minimum absolute atomic E-state index is 0.0388. The summed E-state index contributed by atoms with van der Waals surface area (Å²) in [5.74, 6) is -0.537. The molecule has 13 nitrogen and oxygen atoms in total. The predicted octanol–water partition coefficient (Wildman–Crippen LogP) is 8.84. The fourth-order valence-corrected chi connectivity index (χ4v) is 7.30. The largest absolute Gasteiger partial charge is 0.472 e. The SMILES string of the molecule is CCCCCCCCCCCCCCCCCCOC[C@H](COP(=O)(O)OC[C@]1(N)CC[C@H](c2ccc(C(N)=NC=N)[nH]2)O1)OCc1cccc(C#N)c1F. The second-order valence-electron chi connectivity index (χ2n) is 14.4. The van der Waals surface area contributed by atoms with Crippen LogP contribution in [0.1, 0.15) is 151 Å². The first-order chi connectivity index (χ1) is 26.6. The van der Waals surface area contributed by atoms with Crippen LogP contribution in [0.25, 0.3) is 0 Å². The van der Waals surface area contributed by atoms with Gasteiger partial charge in [-0.3, -0.25) is 14.5 Å². The molecule has 15 heteroatoms. The lowest BCUT2D eigenvalue weighted by molar-refractivity contribution is -0.0768. The number of benzene rings is 1. The van der Waals surface area contributed by atoms with Crippen LogP contribution in [0.4, 0.5) is 4.39 Å². The van der Waals surface area contributed by atoms with Crippen molar-refractivity contribution in [3.05, 3.63) is 58.7 Å². The number of unbranched alkanes of at least 4 members (excludes halogenated alkanes) is 15. The number of aromatic nitrogens is 1. The van der Waals surface area contributed by atoms with Gasteiger partial charge in [0.15, 0.2) is 0 Å². The van der Waals surface area contributed by atoms with E-state index in [1.807, 2.05) is 6.07 Å². The summed E-state index contributed by atoms with van der Waals surface area (Å²) in [5, 5.41) is 16.3. The third-order valence-corrected chi connectivity index (χ3v) is 10.7. The zero-order valence-electron chi connectivity index (χ0n) is 32.7. The summed E-state index contributed by atoms with van der Waals surface area (Å²) in [6.45, 7) is 1.77. The molecule has 3 rings (SSSR count). The van der Waals surface area contributed by atoms with Gasteiger partial charge in [0.05, 0.1) is 37.2 Å². The van der Waals surface area contributed by atoms with Crippen LogP contribution >= 0.6 is 7.82 Å². The van der Waals surface area contributed by atoms with E-state index in [0.29, 0.717) is 30.8 Å². The van der Waals surface area contributed by atoms with Gasteiger partial charge in [0.2, 0.25) is 0 Å². The lowest BCUT2D eigenvalue weighted by atomic mass is 10.0. The van der Waals surface area contributed by atoms with Gasteiger partial charge in [-0.15, -0.1) is 0 Å². The smallest absolute Gasteiger partial charge is 0.382 e. The number of ether oxygens (including phenoxy) is 3. The molecule has 0 saturated carbocycles. The topological polar surface area (TPSA) is 211 Å². The number of hydrogen-bond donors (Lipinski definition) is 5. The first-order valence-corrected chi connectivity index (χ1v) is 21.6. The fraction of sp³-hybridized carbons (Fsp3) is 0.675. The summed E-state index contributed by atoms with van der Waals surface area (Å²) in [7, 11) is -4.62. The second kappa shape index (κ2) is 26.0. The molecule has 2 heterocycles. The van der Waals surface area contributed by atoms with Crippen molar-refractivity contribution in [2.24, 2.45) is 16.5 Å². The number of nitrogens with zero attached hydrogens (tertiary/aromatic N) is 2. The molecule has 1 aromatic carbocycles. The number of H-pyrrole nitrogens is 1. The number of phosphoric ester groups is 1. The summed E-state index contributed by atoms with van der Waals surface area (Å²) < 4.78 is 55.9. The highest BCUT2D eigenvalue weighted by atomic mass is 31.2. The third-order valence-electron chi connectivity index (χ3n) is 9.76. The number of aromatic amines is 1. The van der Waals surface area contributed by atoms with Gasteiger partial charge in [-0.1, -0.05) is 115 Å². The molecule has 0 spiro atoms. The highest BCUT2D eigenvalue weighted by molar-refractivity contribution is 7.47. The van der Waals surface area contributed by atoms with Crippen molar-refractivity contribution in [3.63, 3.8) is 0 Å². The molecule has 1 fully saturated rings. The number of halogens is 1. The van der Waals surface area contributed by atoms with E-state index in [1.165, 1.54) is 95.6 Å². The number of nitrogens with one attached hydrogen (secondary N) is 2. The van der Waals surface area contributed by atoms with E-state index in [0.717, 1.165) is 25.6 Å². The zero-order valence-corrected chi connectivity index (χ0v) is 33.5. The molecule has 1 aliphatic heterocycles. The Morgan fingerprint density at radius 2 is 1.69 bits per heavy atom. The van der Waals surface area contributed by atoms with E-state index in [9.17, 15) is 19.1 Å². The van der Waals surface area contributed by atoms with Crippen LogP contribution in [-0.4, -0.2) is 60.3 Å². The van der Waals surface area contributed by atoms with E-state index in [2.05, 4.69) is 16.9 Å². The normalized spacial score (nSPS) is 19.0. The van der Waals surface area contributed by atoms with Gasteiger partial charge >= 0.3 is 7.82 Å². The van der Waals surface area contributed by atoms with Crippen LogP contribution in [0.2, 0.25) is 0 Å². The third kappa shape index (κ3) is 18.2. The minimum Gasteiger partial charge on any atom is -0.382 e. The van der Waals surface area contributed by atoms with E-state index in [1.54, 1.807) is 18.2 Å². The second-order valence-corrected chi connectivity index (χ2v) is 15.9. The molecule has 7 N–H and O–H groups in total. The maximum atomic E-state index is 14.7. The van der Waals surface area contributed by atoms with Crippen LogP contribution in [0.3, 0.4) is 0 Å². The van der Waals surface area contributed by atoms with Gasteiger partial charge in [-0.2, -0.15) is 5.26 Å². The molecular weight excluding hydrogens is 726 g/mol. The van der Waals surface area contributed by atoms with Gasteiger partial charge in [0, 0.05) is 17.9 Å². The molecule has 1 saturated heterocycles. The van der Waals surface area contributed by atoms with Crippen molar-refractivity contribution in [2.75, 3.05) is 26.4 Å². The maximum Gasteiger partial charge on any atom is 0.472 e. The monoisotopic (exact) mass is 790 g/mol. The Labute approximate surface area is 326 Å². The van der Waals surface area contributed by atoms with E-state index < -0.39 is 38.2 Å². The van der Waals surface area contributed by atoms with Crippen molar-refractivity contribution in [1.29, 1.82) is 10.7 Å². The summed E-state index contributed by atoms with van der Waals surface area (Å²) in [6, 6.07) is 9.73. The Hall–Kier alpha value is -2.99. The minimum atomic E-state index is -4.62. The molecule has 308 valence electrons. The van der Waals surface area contributed by atoms with Crippen molar-refractivity contribution in [1.82, 2.24) is 4.98 Å². The van der Waals surface area contributed by atoms with Gasteiger partial charge < -0.3 is 35.6 Å². The molecule has 1 unspecified atom stereocenters. The highest BCUT2D eigenvalue weighted by Gasteiger charge is 2.40. The van der Waals surface area contributed by atoms with E-state index >= 15 is 0 Å². The Morgan fingerprint density at radius 3 is 2.31 bits per heavy atom. The average Bonchev–Trinajstić information content (AvgIpc) is 3.83. The van der Waals surface area contributed by atoms with Crippen LogP contribution in [0.15, 0.2) is 35.3 Å². The summed E-state index contributed by atoms with van der Waals surface area (Å²) in [4.78, 5) is 17.4. The summed E-state index contributed by atoms with van der Waals surface area (Å²) in [6.07, 6.45) is 20.8. The average molecular weight is 791 g/mol. The van der Waals surface area contributed by atoms with Gasteiger partial charge in [0.25, 0.3) is 0 Å². The molecule has 0 radical (unpaired) electrons. The van der Waals surface area contributed by atoms with Gasteiger partial charge in [-0.25, -0.2) is 13.9 Å². The first-order valence-electron chi connectivity index (χ1n) is 20.1. The van der Waals surface area contributed by atoms with Crippen molar-refractivity contribution in [3.8, 4) is 6.07 Å². The molecular formula is C40H64FN6O7P. The number of aliphatic imine (C=N–C) groups is 1. The Morgan fingerprint density at radius 1 is 1.05 bits per heavy atom. The lowest BCUT2D eigenvalue weighted by Gasteiger charge is -2.26. The maximum absolute atomic E-state index is 14.7. The van der Waals surface area contributed by atoms with Crippen molar-refractivity contribution in [2.45, 2.75) is 147 Å². The molecule has 0 aliphatic carbocycles. The van der Waals surface area contributed by atoms with Crippen LogP contribution in [0.5, 0.6) is 0 Å². The van der Waals surface area contributed by atoms with E-state index in [4.69, 9.17) is 40.1 Å². The predicted molar refractivity (Wildman–Crippen MR) is 212 cm³/mol. The number of nitriles is 1. The Bertz CT molecular complexity index is 1520. The summed E-state index contributed by atoms with van der Waals surface area (Å²) >= 11 is 0. The van der Waals surface area contributed by atoms with Crippen LogP contribution < -0.4 is 11.5 Å². The molecule has 1 aromatic heterocycles. The van der Waals surface area contributed by atoms with Crippen molar-refractivity contribution < 1.29 is 37.1 Å². The lowest BCUT2D eigenvalue weighted by Crippen LogP contribution is -2.43. The number of phosphoric acid groups is 1. The molecule has 0 amide bonds. The number of hydrogen-bond acceptors (Lipinski definition) is 9.